The summed E-state index contributed by atoms with van der Waals surface area (Å²) >= 11 is 0. The van der Waals surface area contributed by atoms with Crippen LogP contribution in [0.4, 0.5) is 0 Å². The standard InChI is InChI=1S/C5H11BO2/c1-2-5(7)8-4-3-6/h2-4,6H2,1H3. The molecule has 0 aromatic heterocycles. The minimum atomic E-state index is -0.105. The Kier molecular flexibility index (Phi) is 4.42. The Bertz CT molecular complexity index is 72.8. The van der Waals surface area contributed by atoms with Gasteiger partial charge in [-0.3, -0.25) is 4.79 Å². The molecule has 0 aromatic rings. The van der Waals surface area contributed by atoms with E-state index in [9.17, 15) is 4.79 Å². The molecule has 0 aliphatic heterocycles. The lowest BCUT2D eigenvalue weighted by molar-refractivity contribution is -0.142. The number of esters is 1. The lowest BCUT2D eigenvalue weighted by Gasteiger charge is -1.97. The first-order valence-electron chi connectivity index (χ1n) is 2.96. The second kappa shape index (κ2) is 4.69. The van der Waals surface area contributed by atoms with Gasteiger partial charge in [-0.15, -0.1) is 0 Å². The van der Waals surface area contributed by atoms with Crippen LogP contribution in [0.5, 0.6) is 0 Å². The summed E-state index contributed by atoms with van der Waals surface area (Å²) in [6.45, 7) is 2.35. The van der Waals surface area contributed by atoms with E-state index in [1.54, 1.807) is 6.92 Å². The normalized spacial score (nSPS) is 8.62. The highest BCUT2D eigenvalue weighted by Gasteiger charge is 1.93. The van der Waals surface area contributed by atoms with Crippen molar-refractivity contribution in [3.8, 4) is 0 Å². The molecule has 0 atom stereocenters. The molecule has 0 saturated carbocycles. The van der Waals surface area contributed by atoms with Crippen molar-refractivity contribution in [2.24, 2.45) is 0 Å². The summed E-state index contributed by atoms with van der Waals surface area (Å²) < 4.78 is 4.70. The van der Waals surface area contributed by atoms with Crippen LogP contribution in [0.2, 0.25) is 6.32 Å². The Labute approximate surface area is 50.6 Å². The molecule has 0 fully saturated rings. The Morgan fingerprint density at radius 1 is 1.75 bits per heavy atom. The van der Waals surface area contributed by atoms with Crippen LogP contribution < -0.4 is 0 Å². The van der Waals surface area contributed by atoms with E-state index in [0.29, 0.717) is 13.0 Å². The fourth-order valence-electron chi connectivity index (χ4n) is 0.318. The highest BCUT2D eigenvalue weighted by atomic mass is 16.5. The summed E-state index contributed by atoms with van der Waals surface area (Å²) in [6, 6.07) is 0. The van der Waals surface area contributed by atoms with Crippen LogP contribution in [-0.4, -0.2) is 20.4 Å². The Balaban J connectivity index is 2.99. The van der Waals surface area contributed by atoms with E-state index in [1.807, 2.05) is 7.85 Å². The SMILES string of the molecule is BCCOC(=O)CC. The van der Waals surface area contributed by atoms with Crippen LogP contribution in [0, 0.1) is 0 Å². The third-order valence-corrected chi connectivity index (χ3v) is 0.756. The van der Waals surface area contributed by atoms with Crippen LogP contribution in [-0.2, 0) is 9.53 Å². The fraction of sp³-hybridized carbons (Fsp3) is 0.800. The topological polar surface area (TPSA) is 26.3 Å². The lowest BCUT2D eigenvalue weighted by atomic mass is 10.1. The van der Waals surface area contributed by atoms with Crippen LogP contribution in [0.15, 0.2) is 0 Å². The van der Waals surface area contributed by atoms with Crippen LogP contribution in [0.25, 0.3) is 0 Å². The van der Waals surface area contributed by atoms with Gasteiger partial charge in [0.25, 0.3) is 0 Å². The van der Waals surface area contributed by atoms with E-state index in [1.165, 1.54) is 0 Å². The molecule has 0 aromatic carbocycles. The maximum Gasteiger partial charge on any atom is 0.305 e. The Morgan fingerprint density at radius 3 is 2.75 bits per heavy atom. The average Bonchev–Trinajstić information content (AvgIpc) is 1.83. The van der Waals surface area contributed by atoms with Gasteiger partial charge in [0.15, 0.2) is 0 Å². The van der Waals surface area contributed by atoms with Crippen molar-refractivity contribution in [3.05, 3.63) is 0 Å². The quantitative estimate of drug-likeness (QED) is 0.381. The number of hydrogen-bond acceptors (Lipinski definition) is 2. The van der Waals surface area contributed by atoms with E-state index < -0.39 is 0 Å². The summed E-state index contributed by atoms with van der Waals surface area (Å²) in [5, 5.41) is 0. The molecule has 0 aliphatic carbocycles. The number of carbonyl (C=O) groups excluding carboxylic acids is 1. The molecule has 0 amide bonds. The lowest BCUT2D eigenvalue weighted by Crippen LogP contribution is -2.02. The monoisotopic (exact) mass is 114 g/mol. The molecule has 0 N–H and O–H groups in total. The molecule has 0 spiro atoms. The zero-order chi connectivity index (χ0) is 6.41. The van der Waals surface area contributed by atoms with E-state index in [0.717, 1.165) is 6.32 Å². The number of rotatable bonds is 3. The molecule has 0 bridgehead atoms. The number of ether oxygens (including phenoxy) is 1. The van der Waals surface area contributed by atoms with Gasteiger partial charge in [-0.2, -0.15) is 0 Å². The van der Waals surface area contributed by atoms with Crippen LogP contribution in [0.1, 0.15) is 13.3 Å². The first-order valence-corrected chi connectivity index (χ1v) is 2.96. The van der Waals surface area contributed by atoms with Crippen LogP contribution >= 0.6 is 0 Å². The van der Waals surface area contributed by atoms with Gasteiger partial charge in [0, 0.05) is 6.42 Å². The molecule has 8 heavy (non-hydrogen) atoms. The highest BCUT2D eigenvalue weighted by molar-refractivity contribution is 6.08. The zero-order valence-corrected chi connectivity index (χ0v) is 5.44. The van der Waals surface area contributed by atoms with E-state index >= 15 is 0 Å². The molecule has 46 valence electrons. The first-order chi connectivity index (χ1) is 3.81. The molecule has 0 unspecified atom stereocenters. The molecule has 0 radical (unpaired) electrons. The first kappa shape index (κ1) is 7.53. The van der Waals surface area contributed by atoms with Crippen molar-refractivity contribution < 1.29 is 9.53 Å². The molecular weight excluding hydrogens is 103 g/mol. The van der Waals surface area contributed by atoms with Crippen molar-refractivity contribution in [2.75, 3.05) is 6.61 Å². The van der Waals surface area contributed by atoms with Gasteiger partial charge < -0.3 is 4.74 Å². The van der Waals surface area contributed by atoms with Crippen molar-refractivity contribution in [2.45, 2.75) is 19.7 Å². The van der Waals surface area contributed by atoms with Gasteiger partial charge in [0.05, 0.1) is 6.61 Å². The molecule has 3 heteroatoms. The van der Waals surface area contributed by atoms with Crippen molar-refractivity contribution in [1.29, 1.82) is 0 Å². The predicted octanol–water partition coefficient (Wildman–Crippen LogP) is -0.00900. The van der Waals surface area contributed by atoms with Crippen molar-refractivity contribution in [3.63, 3.8) is 0 Å². The zero-order valence-electron chi connectivity index (χ0n) is 5.44. The minimum Gasteiger partial charge on any atom is -0.466 e. The van der Waals surface area contributed by atoms with Gasteiger partial charge in [-0.1, -0.05) is 6.92 Å². The average molecular weight is 114 g/mol. The molecular formula is C5H11BO2. The summed E-state index contributed by atoms with van der Waals surface area (Å²) in [4.78, 5) is 10.3. The van der Waals surface area contributed by atoms with Gasteiger partial charge in [-0.25, -0.2) is 0 Å². The maximum atomic E-state index is 10.3. The number of hydrogen-bond donors (Lipinski definition) is 0. The van der Waals surface area contributed by atoms with Crippen LogP contribution in [0.3, 0.4) is 0 Å². The smallest absolute Gasteiger partial charge is 0.305 e. The summed E-state index contributed by atoms with van der Waals surface area (Å²) in [5.74, 6) is -0.105. The van der Waals surface area contributed by atoms with Crippen molar-refractivity contribution in [1.82, 2.24) is 0 Å². The molecule has 2 nitrogen and oxygen atoms in total. The predicted molar refractivity (Wildman–Crippen MR) is 34.6 cm³/mol. The van der Waals surface area contributed by atoms with E-state index in [4.69, 9.17) is 4.74 Å². The highest BCUT2D eigenvalue weighted by Crippen LogP contribution is 1.84. The molecule has 0 rings (SSSR count). The Hall–Kier alpha value is -0.465. The Morgan fingerprint density at radius 2 is 2.38 bits per heavy atom. The minimum absolute atomic E-state index is 0.105. The molecule has 0 aliphatic rings. The second-order valence-electron chi connectivity index (χ2n) is 1.57. The molecule has 0 heterocycles. The van der Waals surface area contributed by atoms with E-state index in [-0.39, 0.29) is 5.97 Å². The van der Waals surface area contributed by atoms with Crippen molar-refractivity contribution >= 4 is 13.8 Å². The maximum absolute atomic E-state index is 10.3. The fourth-order valence-corrected chi connectivity index (χ4v) is 0.318. The number of carbonyl (C=O) groups is 1. The van der Waals surface area contributed by atoms with Gasteiger partial charge in [-0.05, 0) is 6.32 Å². The molecule has 0 saturated heterocycles. The van der Waals surface area contributed by atoms with Gasteiger partial charge in [0.1, 0.15) is 7.85 Å². The summed E-state index contributed by atoms with van der Waals surface area (Å²) in [5.41, 5.74) is 0. The third kappa shape index (κ3) is 3.72. The van der Waals surface area contributed by atoms with Gasteiger partial charge in [0.2, 0.25) is 0 Å². The summed E-state index contributed by atoms with van der Waals surface area (Å²) in [6.07, 6.45) is 1.39. The second-order valence-corrected chi connectivity index (χ2v) is 1.57. The summed E-state index contributed by atoms with van der Waals surface area (Å²) in [7, 11) is 1.98. The largest absolute Gasteiger partial charge is 0.466 e. The third-order valence-electron chi connectivity index (χ3n) is 0.756. The van der Waals surface area contributed by atoms with Gasteiger partial charge >= 0.3 is 5.97 Å². The van der Waals surface area contributed by atoms with E-state index in [2.05, 4.69) is 0 Å².